The summed E-state index contributed by atoms with van der Waals surface area (Å²) in [6, 6.07) is 7.91. The molecule has 0 radical (unpaired) electrons. The van der Waals surface area contributed by atoms with Crippen molar-refractivity contribution in [1.82, 2.24) is 15.3 Å². The summed E-state index contributed by atoms with van der Waals surface area (Å²) in [5.74, 6) is 0.640. The van der Waals surface area contributed by atoms with Crippen molar-refractivity contribution in [2.75, 3.05) is 19.3 Å². The van der Waals surface area contributed by atoms with Gasteiger partial charge in [0.05, 0.1) is 17.1 Å². The van der Waals surface area contributed by atoms with E-state index in [1.165, 1.54) is 11.8 Å². The van der Waals surface area contributed by atoms with E-state index in [0.717, 1.165) is 16.2 Å². The number of hydrogen-bond donors (Lipinski definition) is 3. The number of para-hydroxylation sites is 2. The van der Waals surface area contributed by atoms with Gasteiger partial charge in [-0.15, -0.1) is 0 Å². The van der Waals surface area contributed by atoms with Gasteiger partial charge < -0.3 is 15.4 Å². The third-order valence-corrected chi connectivity index (χ3v) is 3.24. The highest BCUT2D eigenvalue weighted by atomic mass is 32.2. The van der Waals surface area contributed by atoms with Crippen LogP contribution in [0.1, 0.15) is 0 Å². The lowest BCUT2D eigenvalue weighted by Gasteiger charge is -2.07. The van der Waals surface area contributed by atoms with E-state index in [2.05, 4.69) is 15.3 Å². The number of rotatable bonds is 5. The molecule has 0 amide bonds. The molecule has 3 N–H and O–H groups in total. The second-order valence-corrected chi connectivity index (χ2v) is 4.59. The first-order chi connectivity index (χ1) is 7.79. The Labute approximate surface area is 98.5 Å². The van der Waals surface area contributed by atoms with Gasteiger partial charge in [0, 0.05) is 12.3 Å². The molecule has 0 aliphatic rings. The Bertz CT molecular complexity index is 424. The van der Waals surface area contributed by atoms with Crippen molar-refractivity contribution in [3.8, 4) is 0 Å². The Morgan fingerprint density at radius 2 is 2.31 bits per heavy atom. The van der Waals surface area contributed by atoms with Crippen LogP contribution in [0.3, 0.4) is 0 Å². The van der Waals surface area contributed by atoms with E-state index in [4.69, 9.17) is 0 Å². The molecule has 4 nitrogen and oxygen atoms in total. The minimum atomic E-state index is -0.344. The van der Waals surface area contributed by atoms with Gasteiger partial charge in [0.2, 0.25) is 0 Å². The smallest absolute Gasteiger partial charge is 0.166 e. The van der Waals surface area contributed by atoms with Gasteiger partial charge in [-0.2, -0.15) is 0 Å². The highest BCUT2D eigenvalue weighted by Crippen LogP contribution is 2.19. The Morgan fingerprint density at radius 1 is 1.50 bits per heavy atom. The summed E-state index contributed by atoms with van der Waals surface area (Å²) in [6.45, 7) is 0.604. The van der Waals surface area contributed by atoms with Crippen LogP contribution in [0.2, 0.25) is 0 Å². The molecule has 0 saturated heterocycles. The standard InChI is InChI=1S/C11H15N3OS/c1-12-6-8(15)7-16-11-13-9-4-2-3-5-10(9)14-11/h2-5,8,12,15H,6-7H2,1H3,(H,13,14). The van der Waals surface area contributed by atoms with Crippen LogP contribution in [0, 0.1) is 0 Å². The first-order valence-electron chi connectivity index (χ1n) is 5.20. The molecule has 0 bridgehead atoms. The van der Waals surface area contributed by atoms with Crippen LogP contribution in [0.4, 0.5) is 0 Å². The van der Waals surface area contributed by atoms with Crippen LogP contribution < -0.4 is 5.32 Å². The average Bonchev–Trinajstić information content (AvgIpc) is 2.69. The molecule has 86 valence electrons. The lowest BCUT2D eigenvalue weighted by Crippen LogP contribution is -2.25. The third-order valence-electron chi connectivity index (χ3n) is 2.22. The zero-order chi connectivity index (χ0) is 11.4. The highest BCUT2D eigenvalue weighted by Gasteiger charge is 2.06. The summed E-state index contributed by atoms with van der Waals surface area (Å²) in [7, 11) is 1.83. The molecule has 1 aromatic heterocycles. The van der Waals surface area contributed by atoms with Crippen LogP contribution in [0.25, 0.3) is 11.0 Å². The zero-order valence-corrected chi connectivity index (χ0v) is 9.92. The number of fused-ring (bicyclic) bond motifs is 1. The third kappa shape index (κ3) is 2.75. The predicted molar refractivity (Wildman–Crippen MR) is 66.8 cm³/mol. The molecule has 1 atom stereocenters. The van der Waals surface area contributed by atoms with E-state index >= 15 is 0 Å². The number of likely N-dealkylation sites (N-methyl/N-ethyl adjacent to an activating group) is 1. The number of nitrogens with one attached hydrogen (secondary N) is 2. The number of aromatic nitrogens is 2. The maximum Gasteiger partial charge on any atom is 0.166 e. The Balaban J connectivity index is 1.99. The van der Waals surface area contributed by atoms with Gasteiger partial charge >= 0.3 is 0 Å². The number of H-pyrrole nitrogens is 1. The van der Waals surface area contributed by atoms with Crippen molar-refractivity contribution in [3.63, 3.8) is 0 Å². The predicted octanol–water partition coefficient (Wildman–Crippen LogP) is 1.24. The Morgan fingerprint density at radius 3 is 3.06 bits per heavy atom. The van der Waals surface area contributed by atoms with Crippen molar-refractivity contribution < 1.29 is 5.11 Å². The quantitative estimate of drug-likeness (QED) is 0.685. The fourth-order valence-electron chi connectivity index (χ4n) is 1.47. The van der Waals surface area contributed by atoms with Gasteiger partial charge in [-0.3, -0.25) is 0 Å². The van der Waals surface area contributed by atoms with Gasteiger partial charge in [0.15, 0.2) is 5.16 Å². The first kappa shape index (κ1) is 11.4. The lowest BCUT2D eigenvalue weighted by atomic mass is 10.3. The van der Waals surface area contributed by atoms with E-state index in [-0.39, 0.29) is 6.10 Å². The molecular formula is C11H15N3OS. The van der Waals surface area contributed by atoms with Crippen molar-refractivity contribution in [2.45, 2.75) is 11.3 Å². The van der Waals surface area contributed by atoms with Gasteiger partial charge in [-0.05, 0) is 19.2 Å². The van der Waals surface area contributed by atoms with Crippen LogP contribution >= 0.6 is 11.8 Å². The average molecular weight is 237 g/mol. The number of hydrogen-bond acceptors (Lipinski definition) is 4. The summed E-state index contributed by atoms with van der Waals surface area (Å²) in [5.41, 5.74) is 2.00. The van der Waals surface area contributed by atoms with Crippen LogP contribution in [0.5, 0.6) is 0 Å². The molecule has 1 heterocycles. The van der Waals surface area contributed by atoms with Gasteiger partial charge in [0.25, 0.3) is 0 Å². The summed E-state index contributed by atoms with van der Waals surface area (Å²) in [4.78, 5) is 7.63. The number of aliphatic hydroxyl groups is 1. The summed E-state index contributed by atoms with van der Waals surface area (Å²) < 4.78 is 0. The molecule has 0 aliphatic heterocycles. The van der Waals surface area contributed by atoms with E-state index in [0.29, 0.717) is 12.3 Å². The Hall–Kier alpha value is -1.04. The number of benzene rings is 1. The second-order valence-electron chi connectivity index (χ2n) is 3.58. The maximum atomic E-state index is 9.56. The molecular weight excluding hydrogens is 222 g/mol. The van der Waals surface area contributed by atoms with E-state index in [1.54, 1.807) is 0 Å². The SMILES string of the molecule is CNCC(O)CSc1nc2ccccc2[nH]1. The minimum Gasteiger partial charge on any atom is -0.391 e. The van der Waals surface area contributed by atoms with Crippen molar-refractivity contribution in [1.29, 1.82) is 0 Å². The van der Waals surface area contributed by atoms with E-state index in [9.17, 15) is 5.11 Å². The van der Waals surface area contributed by atoms with E-state index < -0.39 is 0 Å². The molecule has 2 rings (SSSR count). The fraction of sp³-hybridized carbons (Fsp3) is 0.364. The summed E-state index contributed by atoms with van der Waals surface area (Å²) in [6.07, 6.45) is -0.344. The fourth-order valence-corrected chi connectivity index (χ4v) is 2.28. The number of aliphatic hydroxyl groups excluding tert-OH is 1. The Kier molecular flexibility index (Phi) is 3.82. The van der Waals surface area contributed by atoms with Crippen molar-refractivity contribution in [3.05, 3.63) is 24.3 Å². The molecule has 0 spiro atoms. The topological polar surface area (TPSA) is 60.9 Å². The zero-order valence-electron chi connectivity index (χ0n) is 9.10. The van der Waals surface area contributed by atoms with Crippen LogP contribution in [-0.4, -0.2) is 40.5 Å². The summed E-state index contributed by atoms with van der Waals surface area (Å²) in [5, 5.41) is 13.4. The first-order valence-corrected chi connectivity index (χ1v) is 6.18. The molecule has 2 aromatic rings. The second kappa shape index (κ2) is 5.34. The van der Waals surface area contributed by atoms with Crippen molar-refractivity contribution in [2.24, 2.45) is 0 Å². The largest absolute Gasteiger partial charge is 0.391 e. The molecule has 0 aliphatic carbocycles. The lowest BCUT2D eigenvalue weighted by molar-refractivity contribution is 0.199. The number of imidazole rings is 1. The van der Waals surface area contributed by atoms with Gasteiger partial charge in [0.1, 0.15) is 0 Å². The normalized spacial score (nSPS) is 13.1. The minimum absolute atomic E-state index is 0.344. The maximum absolute atomic E-state index is 9.56. The number of aromatic amines is 1. The van der Waals surface area contributed by atoms with E-state index in [1.807, 2.05) is 31.3 Å². The molecule has 16 heavy (non-hydrogen) atoms. The molecule has 0 saturated carbocycles. The van der Waals surface area contributed by atoms with Gasteiger partial charge in [-0.1, -0.05) is 23.9 Å². The molecule has 5 heteroatoms. The number of thioether (sulfide) groups is 1. The molecule has 1 aromatic carbocycles. The van der Waals surface area contributed by atoms with Crippen LogP contribution in [0.15, 0.2) is 29.4 Å². The highest BCUT2D eigenvalue weighted by molar-refractivity contribution is 7.99. The van der Waals surface area contributed by atoms with Crippen LogP contribution in [-0.2, 0) is 0 Å². The van der Waals surface area contributed by atoms with Gasteiger partial charge in [-0.25, -0.2) is 4.98 Å². The molecule has 1 unspecified atom stereocenters. The molecule has 0 fully saturated rings. The number of nitrogens with zero attached hydrogens (tertiary/aromatic N) is 1. The van der Waals surface area contributed by atoms with Crippen molar-refractivity contribution >= 4 is 22.8 Å². The monoisotopic (exact) mass is 237 g/mol. The summed E-state index contributed by atoms with van der Waals surface area (Å²) >= 11 is 1.54.